The van der Waals surface area contributed by atoms with Gasteiger partial charge < -0.3 is 30.3 Å². The lowest BCUT2D eigenvalue weighted by Gasteiger charge is -2.32. The molecule has 0 radical (unpaired) electrons. The summed E-state index contributed by atoms with van der Waals surface area (Å²) in [7, 11) is 1.57. The zero-order valence-electron chi connectivity index (χ0n) is 28.1. The van der Waals surface area contributed by atoms with Gasteiger partial charge in [0.25, 0.3) is 11.8 Å². The van der Waals surface area contributed by atoms with E-state index >= 15 is 0 Å². The molecule has 0 spiro atoms. The number of aliphatic hydroxyl groups is 1. The Morgan fingerprint density at radius 2 is 1.65 bits per heavy atom. The van der Waals surface area contributed by atoms with Gasteiger partial charge in [0.2, 0.25) is 5.91 Å². The fraction of sp³-hybridized carbons (Fsp3) is 0.432. The average Bonchev–Trinajstić information content (AvgIpc) is 3.23. The van der Waals surface area contributed by atoms with Crippen LogP contribution >= 0.6 is 0 Å². The fourth-order valence-corrected chi connectivity index (χ4v) is 6.10. The fourth-order valence-electron chi connectivity index (χ4n) is 6.10. The number of benzene rings is 3. The Labute approximate surface area is 281 Å². The van der Waals surface area contributed by atoms with Gasteiger partial charge in [-0.05, 0) is 98.3 Å². The van der Waals surface area contributed by atoms with Crippen molar-refractivity contribution in [2.45, 2.75) is 71.2 Å². The van der Waals surface area contributed by atoms with Gasteiger partial charge in [0.1, 0.15) is 23.4 Å². The van der Waals surface area contributed by atoms with Crippen LogP contribution < -0.4 is 15.4 Å². The van der Waals surface area contributed by atoms with Crippen LogP contribution in [-0.2, 0) is 17.8 Å². The summed E-state index contributed by atoms with van der Waals surface area (Å²) in [4.78, 5) is 44.5. The Hall–Kier alpha value is -4.35. The van der Waals surface area contributed by atoms with Crippen molar-refractivity contribution in [2.24, 2.45) is 0 Å². The lowest BCUT2D eigenvalue weighted by Crippen LogP contribution is -2.58. The quantitative estimate of drug-likeness (QED) is 0.232. The molecule has 1 saturated heterocycles. The molecule has 48 heavy (non-hydrogen) atoms. The first kappa shape index (κ1) is 36.5. The molecule has 0 bridgehead atoms. The molecular formula is C37H46F2N4O5. The van der Waals surface area contributed by atoms with Gasteiger partial charge in [-0.3, -0.25) is 14.4 Å². The first-order chi connectivity index (χ1) is 23.0. The summed E-state index contributed by atoms with van der Waals surface area (Å²) in [5.74, 6) is -2.06. The predicted molar refractivity (Wildman–Crippen MR) is 180 cm³/mol. The van der Waals surface area contributed by atoms with E-state index in [0.29, 0.717) is 56.0 Å². The minimum Gasteiger partial charge on any atom is -0.497 e. The largest absolute Gasteiger partial charge is 0.497 e. The molecule has 9 nitrogen and oxygen atoms in total. The molecular weight excluding hydrogens is 618 g/mol. The van der Waals surface area contributed by atoms with Crippen molar-refractivity contribution in [3.8, 4) is 5.75 Å². The van der Waals surface area contributed by atoms with Gasteiger partial charge >= 0.3 is 0 Å². The molecule has 2 unspecified atom stereocenters. The van der Waals surface area contributed by atoms with Gasteiger partial charge in [-0.1, -0.05) is 26.0 Å². The minimum absolute atomic E-state index is 0.163. The molecule has 1 aliphatic rings. The third kappa shape index (κ3) is 9.60. The molecule has 0 aliphatic carbocycles. The van der Waals surface area contributed by atoms with E-state index in [9.17, 15) is 28.3 Å². The van der Waals surface area contributed by atoms with Gasteiger partial charge in [0.15, 0.2) is 0 Å². The minimum atomic E-state index is -1.47. The summed E-state index contributed by atoms with van der Waals surface area (Å²) in [6, 6.07) is 13.0. The molecule has 3 atom stereocenters. The van der Waals surface area contributed by atoms with Gasteiger partial charge in [-0.15, -0.1) is 0 Å². The van der Waals surface area contributed by atoms with Gasteiger partial charge in [-0.25, -0.2) is 8.78 Å². The van der Waals surface area contributed by atoms with Crippen molar-refractivity contribution >= 4 is 17.7 Å². The standard InChI is InChI=1S/C37H46F2N4O5/c1-5-13-42(14-6-2)36(46)28-17-24(3)16-27(21-28)35(45)41-32(20-26-18-29(38)22-30(39)19-26)34(44)33-37(47)43(15-7-12-40-33)23-25-8-10-31(48-4)11-9-25/h8-11,16-19,21-22,32-34,40,44H,5-7,12-15,20,23H2,1-4H3,(H,41,45)/t32-,33?,34?/m0/s1. The van der Waals surface area contributed by atoms with Crippen LogP contribution in [0.15, 0.2) is 60.7 Å². The van der Waals surface area contributed by atoms with Crippen molar-refractivity contribution in [3.05, 3.63) is 100 Å². The number of aliphatic hydroxyl groups excluding tert-OH is 1. The third-order valence-electron chi connectivity index (χ3n) is 8.39. The number of methoxy groups -OCH3 is 1. The number of hydrogen-bond acceptors (Lipinski definition) is 6. The molecule has 1 fully saturated rings. The van der Waals surface area contributed by atoms with E-state index in [1.165, 1.54) is 6.07 Å². The van der Waals surface area contributed by atoms with Crippen LogP contribution in [0.3, 0.4) is 0 Å². The maximum Gasteiger partial charge on any atom is 0.253 e. The highest BCUT2D eigenvalue weighted by Gasteiger charge is 2.37. The number of rotatable bonds is 14. The predicted octanol–water partition coefficient (Wildman–Crippen LogP) is 4.64. The summed E-state index contributed by atoms with van der Waals surface area (Å²) >= 11 is 0. The Bertz CT molecular complexity index is 1540. The molecule has 0 saturated carbocycles. The number of carbonyl (C=O) groups excluding carboxylic acids is 3. The lowest BCUT2D eigenvalue weighted by molar-refractivity contribution is -0.136. The van der Waals surface area contributed by atoms with Crippen LogP contribution in [0, 0.1) is 18.6 Å². The monoisotopic (exact) mass is 664 g/mol. The van der Waals surface area contributed by atoms with Gasteiger partial charge in [-0.2, -0.15) is 0 Å². The highest BCUT2D eigenvalue weighted by molar-refractivity contribution is 6.00. The Kier molecular flexibility index (Phi) is 13.0. The zero-order valence-corrected chi connectivity index (χ0v) is 28.1. The summed E-state index contributed by atoms with van der Waals surface area (Å²) in [6.07, 6.45) is 0.571. The van der Waals surface area contributed by atoms with E-state index in [1.54, 1.807) is 48.1 Å². The van der Waals surface area contributed by atoms with Crippen molar-refractivity contribution in [1.82, 2.24) is 20.4 Å². The second-order valence-corrected chi connectivity index (χ2v) is 12.3. The summed E-state index contributed by atoms with van der Waals surface area (Å²) in [5.41, 5.74) is 2.32. The maximum atomic E-state index is 14.2. The smallest absolute Gasteiger partial charge is 0.253 e. The SMILES string of the molecule is CCCN(CCC)C(=O)c1cc(C)cc(C(=O)N[C@@H](Cc2cc(F)cc(F)c2)C(O)C2NCCCN(Cc3ccc(OC)cc3)C2=O)c1. The third-order valence-corrected chi connectivity index (χ3v) is 8.39. The maximum absolute atomic E-state index is 14.2. The van der Waals surface area contributed by atoms with Crippen LogP contribution in [0.25, 0.3) is 0 Å². The first-order valence-corrected chi connectivity index (χ1v) is 16.5. The molecule has 0 aromatic heterocycles. The molecule has 258 valence electrons. The van der Waals surface area contributed by atoms with Crippen molar-refractivity contribution in [3.63, 3.8) is 0 Å². The second-order valence-electron chi connectivity index (χ2n) is 12.3. The first-order valence-electron chi connectivity index (χ1n) is 16.5. The lowest BCUT2D eigenvalue weighted by atomic mass is 9.94. The summed E-state index contributed by atoms with van der Waals surface area (Å²) in [5, 5.41) is 17.7. The topological polar surface area (TPSA) is 111 Å². The number of amides is 3. The number of carbonyl (C=O) groups is 3. The van der Waals surface area contributed by atoms with E-state index in [4.69, 9.17) is 4.74 Å². The Morgan fingerprint density at radius 1 is 1.00 bits per heavy atom. The number of ether oxygens (including phenoxy) is 1. The van der Waals surface area contributed by atoms with Crippen LogP contribution in [0.4, 0.5) is 8.78 Å². The number of hydrogen-bond donors (Lipinski definition) is 3. The number of nitrogens with one attached hydrogen (secondary N) is 2. The number of halogens is 2. The van der Waals surface area contributed by atoms with Crippen LogP contribution in [0.5, 0.6) is 5.75 Å². The molecule has 3 amide bonds. The highest BCUT2D eigenvalue weighted by Crippen LogP contribution is 2.20. The van der Waals surface area contributed by atoms with Crippen LogP contribution in [0.2, 0.25) is 0 Å². The molecule has 3 aromatic carbocycles. The number of aryl methyl sites for hydroxylation is 1. The van der Waals surface area contributed by atoms with E-state index < -0.39 is 35.7 Å². The Morgan fingerprint density at radius 3 is 2.27 bits per heavy atom. The van der Waals surface area contributed by atoms with E-state index in [1.807, 2.05) is 26.0 Å². The normalized spacial score (nSPS) is 16.2. The summed E-state index contributed by atoms with van der Waals surface area (Å²) in [6.45, 7) is 8.10. The van der Waals surface area contributed by atoms with Gasteiger partial charge in [0.05, 0.1) is 19.3 Å². The second kappa shape index (κ2) is 17.2. The van der Waals surface area contributed by atoms with E-state index in [0.717, 1.165) is 36.6 Å². The van der Waals surface area contributed by atoms with Crippen molar-refractivity contribution in [2.75, 3.05) is 33.3 Å². The molecule has 4 rings (SSSR count). The van der Waals surface area contributed by atoms with Crippen molar-refractivity contribution < 1.29 is 33.0 Å². The van der Waals surface area contributed by atoms with E-state index in [-0.39, 0.29) is 29.4 Å². The molecule has 11 heteroatoms. The average molecular weight is 665 g/mol. The molecule has 1 aliphatic heterocycles. The van der Waals surface area contributed by atoms with Crippen LogP contribution in [-0.4, -0.2) is 84.1 Å². The molecule has 3 aromatic rings. The zero-order chi connectivity index (χ0) is 34.8. The van der Waals surface area contributed by atoms with Crippen LogP contribution in [0.1, 0.15) is 70.5 Å². The van der Waals surface area contributed by atoms with Gasteiger partial charge in [0, 0.05) is 43.4 Å². The number of nitrogens with zero attached hydrogens (tertiary/aromatic N) is 2. The van der Waals surface area contributed by atoms with E-state index in [2.05, 4.69) is 10.6 Å². The molecule has 3 N–H and O–H groups in total. The van der Waals surface area contributed by atoms with Crippen molar-refractivity contribution in [1.29, 1.82) is 0 Å². The highest BCUT2D eigenvalue weighted by atomic mass is 19.1. The summed E-state index contributed by atoms with van der Waals surface area (Å²) < 4.78 is 33.7. The molecule has 1 heterocycles. The Balaban J connectivity index is 1.62.